The molecule has 3 nitrogen and oxygen atoms in total. The highest BCUT2D eigenvalue weighted by Gasteiger charge is 2.38. The fourth-order valence-electron chi connectivity index (χ4n) is 1.76. The zero-order chi connectivity index (χ0) is 13.9. The molecule has 0 fully saturated rings. The van der Waals surface area contributed by atoms with Crippen LogP contribution in [-0.2, 0) is 12.6 Å². The summed E-state index contributed by atoms with van der Waals surface area (Å²) >= 11 is 0. The number of halogens is 3. The Labute approximate surface area is 108 Å². The Kier molecular flexibility index (Phi) is 3.87. The third-order valence-corrected chi connectivity index (χ3v) is 2.70. The largest absolute Gasteiger partial charge is 0.471 e. The van der Waals surface area contributed by atoms with E-state index >= 15 is 0 Å². The Morgan fingerprint density at radius 2 is 2.11 bits per heavy atom. The van der Waals surface area contributed by atoms with Gasteiger partial charge < -0.3 is 4.52 Å². The maximum absolute atomic E-state index is 12.3. The van der Waals surface area contributed by atoms with Gasteiger partial charge in [0.15, 0.2) is 5.82 Å². The SMILES string of the molecule is CCC1=CCC=CC(Cc2noc(C(F)(F)F)n2)=C1. The monoisotopic (exact) mass is 270 g/mol. The lowest BCUT2D eigenvalue weighted by Crippen LogP contribution is -2.05. The molecule has 1 aromatic rings. The van der Waals surface area contributed by atoms with Crippen molar-refractivity contribution in [3.63, 3.8) is 0 Å². The van der Waals surface area contributed by atoms with Gasteiger partial charge in [-0.05, 0) is 18.4 Å². The van der Waals surface area contributed by atoms with Gasteiger partial charge in [0, 0.05) is 6.42 Å². The van der Waals surface area contributed by atoms with Crippen LogP contribution in [0.3, 0.4) is 0 Å². The predicted molar refractivity (Wildman–Crippen MR) is 63.2 cm³/mol. The molecular weight excluding hydrogens is 257 g/mol. The number of nitrogens with zero attached hydrogens (tertiary/aromatic N) is 2. The second-order valence-electron chi connectivity index (χ2n) is 4.18. The summed E-state index contributed by atoms with van der Waals surface area (Å²) in [4.78, 5) is 3.36. The molecule has 102 valence electrons. The lowest BCUT2D eigenvalue weighted by atomic mass is 10.1. The van der Waals surface area contributed by atoms with Crippen LogP contribution in [0.15, 0.2) is 40.0 Å². The maximum atomic E-state index is 12.3. The van der Waals surface area contributed by atoms with E-state index in [4.69, 9.17) is 0 Å². The fraction of sp³-hybridized carbons (Fsp3) is 0.385. The van der Waals surface area contributed by atoms with E-state index in [1.165, 1.54) is 0 Å². The zero-order valence-corrected chi connectivity index (χ0v) is 10.4. The summed E-state index contributed by atoms with van der Waals surface area (Å²) in [5, 5.41) is 3.36. The number of allylic oxidation sites excluding steroid dienone is 6. The predicted octanol–water partition coefficient (Wildman–Crippen LogP) is 3.85. The molecule has 1 aliphatic carbocycles. The lowest BCUT2D eigenvalue weighted by Gasteiger charge is -1.99. The average molecular weight is 270 g/mol. The molecular formula is C13H13F3N2O. The zero-order valence-electron chi connectivity index (χ0n) is 10.4. The van der Waals surface area contributed by atoms with E-state index in [1.807, 2.05) is 25.2 Å². The van der Waals surface area contributed by atoms with Crippen LogP contribution in [0.25, 0.3) is 0 Å². The summed E-state index contributed by atoms with van der Waals surface area (Å²) < 4.78 is 41.2. The highest BCUT2D eigenvalue weighted by molar-refractivity contribution is 5.35. The van der Waals surface area contributed by atoms with Crippen LogP contribution in [0.2, 0.25) is 0 Å². The van der Waals surface area contributed by atoms with Crippen molar-refractivity contribution >= 4 is 0 Å². The highest BCUT2D eigenvalue weighted by Crippen LogP contribution is 2.27. The third kappa shape index (κ3) is 3.56. The van der Waals surface area contributed by atoms with Crippen LogP contribution in [0.5, 0.6) is 0 Å². The fourth-order valence-corrected chi connectivity index (χ4v) is 1.76. The van der Waals surface area contributed by atoms with Crippen LogP contribution in [-0.4, -0.2) is 10.1 Å². The lowest BCUT2D eigenvalue weighted by molar-refractivity contribution is -0.159. The first-order valence-electron chi connectivity index (χ1n) is 5.95. The van der Waals surface area contributed by atoms with Crippen molar-refractivity contribution in [1.29, 1.82) is 0 Å². The molecule has 0 amide bonds. The number of aromatic nitrogens is 2. The first kappa shape index (κ1) is 13.6. The first-order chi connectivity index (χ1) is 8.99. The quantitative estimate of drug-likeness (QED) is 0.837. The molecule has 2 rings (SSSR count). The molecule has 6 heteroatoms. The van der Waals surface area contributed by atoms with E-state index in [2.05, 4.69) is 20.7 Å². The molecule has 0 spiro atoms. The van der Waals surface area contributed by atoms with Crippen LogP contribution < -0.4 is 0 Å². The van der Waals surface area contributed by atoms with Crippen LogP contribution in [0.1, 0.15) is 31.5 Å². The topological polar surface area (TPSA) is 38.9 Å². The normalized spacial score (nSPS) is 16.0. The van der Waals surface area contributed by atoms with E-state index in [9.17, 15) is 13.2 Å². The summed E-state index contributed by atoms with van der Waals surface area (Å²) in [5.74, 6) is -1.26. The van der Waals surface area contributed by atoms with Crippen molar-refractivity contribution in [3.8, 4) is 0 Å². The van der Waals surface area contributed by atoms with Crippen molar-refractivity contribution < 1.29 is 17.7 Å². The summed E-state index contributed by atoms with van der Waals surface area (Å²) in [5.41, 5.74) is 2.03. The minimum Gasteiger partial charge on any atom is -0.329 e. The molecule has 0 atom stereocenters. The van der Waals surface area contributed by atoms with Crippen LogP contribution in [0, 0.1) is 0 Å². The van der Waals surface area contributed by atoms with Crippen molar-refractivity contribution in [2.45, 2.75) is 32.4 Å². The summed E-state index contributed by atoms with van der Waals surface area (Å²) in [6.07, 6.45) is 5.21. The summed E-state index contributed by atoms with van der Waals surface area (Å²) in [6, 6.07) is 0. The van der Waals surface area contributed by atoms with Crippen LogP contribution >= 0.6 is 0 Å². The van der Waals surface area contributed by atoms with Gasteiger partial charge in [0.2, 0.25) is 0 Å². The minimum absolute atomic E-state index is 0.0422. The van der Waals surface area contributed by atoms with E-state index < -0.39 is 12.1 Å². The Hall–Kier alpha value is -1.85. The number of alkyl halides is 3. The van der Waals surface area contributed by atoms with Crippen molar-refractivity contribution in [2.24, 2.45) is 0 Å². The van der Waals surface area contributed by atoms with Gasteiger partial charge in [-0.2, -0.15) is 18.2 Å². The molecule has 19 heavy (non-hydrogen) atoms. The number of hydrogen-bond donors (Lipinski definition) is 0. The smallest absolute Gasteiger partial charge is 0.329 e. The molecule has 0 saturated carbocycles. The van der Waals surface area contributed by atoms with Crippen molar-refractivity contribution in [3.05, 3.63) is 47.2 Å². The molecule has 1 aliphatic rings. The van der Waals surface area contributed by atoms with Crippen molar-refractivity contribution in [2.75, 3.05) is 0 Å². The van der Waals surface area contributed by atoms with Gasteiger partial charge in [-0.3, -0.25) is 0 Å². The highest BCUT2D eigenvalue weighted by atomic mass is 19.4. The van der Waals surface area contributed by atoms with E-state index in [-0.39, 0.29) is 12.2 Å². The number of rotatable bonds is 3. The number of hydrogen-bond acceptors (Lipinski definition) is 3. The molecule has 0 aliphatic heterocycles. The Bertz CT molecular complexity index is 538. The molecule has 1 aromatic heterocycles. The summed E-state index contributed by atoms with van der Waals surface area (Å²) in [7, 11) is 0. The van der Waals surface area contributed by atoms with E-state index in [0.717, 1.165) is 24.0 Å². The Morgan fingerprint density at radius 3 is 2.74 bits per heavy atom. The Balaban J connectivity index is 2.15. The molecule has 0 radical (unpaired) electrons. The summed E-state index contributed by atoms with van der Waals surface area (Å²) in [6.45, 7) is 2.03. The van der Waals surface area contributed by atoms with Gasteiger partial charge in [0.1, 0.15) is 0 Å². The maximum Gasteiger partial charge on any atom is 0.471 e. The van der Waals surface area contributed by atoms with E-state index in [0.29, 0.717) is 0 Å². The molecule has 0 bridgehead atoms. The second kappa shape index (κ2) is 5.42. The Morgan fingerprint density at radius 1 is 1.32 bits per heavy atom. The van der Waals surface area contributed by atoms with E-state index in [1.54, 1.807) is 0 Å². The van der Waals surface area contributed by atoms with Crippen LogP contribution in [0.4, 0.5) is 13.2 Å². The first-order valence-corrected chi connectivity index (χ1v) is 5.95. The molecule has 0 aromatic carbocycles. The van der Waals surface area contributed by atoms with Gasteiger partial charge in [-0.25, -0.2) is 0 Å². The van der Waals surface area contributed by atoms with Gasteiger partial charge >= 0.3 is 12.1 Å². The second-order valence-corrected chi connectivity index (χ2v) is 4.18. The molecule has 0 saturated heterocycles. The average Bonchev–Trinajstić information content (AvgIpc) is 2.69. The van der Waals surface area contributed by atoms with Gasteiger partial charge in [-0.1, -0.05) is 42.0 Å². The minimum atomic E-state index is -4.59. The molecule has 1 heterocycles. The van der Waals surface area contributed by atoms with Gasteiger partial charge in [0.25, 0.3) is 0 Å². The van der Waals surface area contributed by atoms with Gasteiger partial charge in [0.05, 0.1) is 0 Å². The van der Waals surface area contributed by atoms with Crippen molar-refractivity contribution in [1.82, 2.24) is 10.1 Å². The van der Waals surface area contributed by atoms with Gasteiger partial charge in [-0.15, -0.1) is 0 Å². The third-order valence-electron chi connectivity index (χ3n) is 2.70. The standard InChI is InChI=1S/C13H13F3N2O/c1-2-9-5-3-4-6-10(7-9)8-11-17-12(19-18-11)13(14,15)16/h4-7H,2-3,8H2,1H3. The molecule has 0 N–H and O–H groups in total. The molecule has 0 unspecified atom stereocenters.